The molecule has 0 aliphatic rings. The van der Waals surface area contributed by atoms with Crippen molar-refractivity contribution in [1.82, 2.24) is 5.32 Å². The van der Waals surface area contributed by atoms with Crippen molar-refractivity contribution >= 4 is 40.5 Å². The number of benzene rings is 3. The Bertz CT molecular complexity index is 882. The molecule has 0 aliphatic heterocycles. The van der Waals surface area contributed by atoms with Gasteiger partial charge in [0.25, 0.3) is 5.91 Å². The molecule has 0 aliphatic carbocycles. The minimum absolute atomic E-state index is 0.176. The minimum atomic E-state index is -0.176. The molecule has 126 valence electrons. The second-order valence-corrected chi connectivity index (χ2v) is 6.30. The van der Waals surface area contributed by atoms with Gasteiger partial charge in [-0.25, -0.2) is 0 Å². The van der Waals surface area contributed by atoms with Crippen LogP contribution < -0.4 is 10.6 Å². The Morgan fingerprint density at radius 2 is 1.60 bits per heavy atom. The average molecular weight is 371 g/mol. The summed E-state index contributed by atoms with van der Waals surface area (Å²) in [5, 5.41) is 7.26. The van der Waals surface area contributed by atoms with Crippen molar-refractivity contribution in [2.24, 2.45) is 0 Å². The van der Waals surface area contributed by atoms with Crippen molar-refractivity contribution in [1.29, 1.82) is 0 Å². The van der Waals surface area contributed by atoms with E-state index >= 15 is 0 Å². The van der Waals surface area contributed by atoms with Gasteiger partial charge in [-0.1, -0.05) is 59.6 Å². The zero-order valence-corrected chi connectivity index (χ0v) is 14.8. The fourth-order valence-electron chi connectivity index (χ4n) is 2.40. The van der Waals surface area contributed by atoms with Gasteiger partial charge in [-0.05, 0) is 42.0 Å². The lowest BCUT2D eigenvalue weighted by Crippen LogP contribution is -2.23. The van der Waals surface area contributed by atoms with Crippen molar-refractivity contribution in [3.05, 3.63) is 94.0 Å². The first-order chi connectivity index (χ1) is 12.1. The van der Waals surface area contributed by atoms with E-state index in [-0.39, 0.29) is 5.91 Å². The molecule has 3 rings (SSSR count). The van der Waals surface area contributed by atoms with Crippen LogP contribution in [0.4, 0.5) is 11.4 Å². The molecule has 0 saturated carbocycles. The predicted octanol–water partition coefficient (Wildman–Crippen LogP) is 5.67. The Hall–Kier alpha value is -2.49. The maximum Gasteiger partial charge on any atom is 0.253 e. The Morgan fingerprint density at radius 3 is 2.36 bits per heavy atom. The number of amides is 1. The van der Waals surface area contributed by atoms with E-state index in [1.165, 1.54) is 0 Å². The molecule has 0 radical (unpaired) electrons. The second kappa shape index (κ2) is 8.06. The number of hydrogen-bond acceptors (Lipinski definition) is 2. The molecule has 0 atom stereocenters. The van der Waals surface area contributed by atoms with Crippen LogP contribution in [0.15, 0.2) is 72.8 Å². The number of halogens is 2. The maximum absolute atomic E-state index is 12.6. The molecule has 5 heteroatoms. The average Bonchev–Trinajstić information content (AvgIpc) is 2.62. The number of carbonyl (C=O) groups is 1. The minimum Gasteiger partial charge on any atom is -0.355 e. The molecule has 0 unspecified atom stereocenters. The van der Waals surface area contributed by atoms with Crippen LogP contribution in [0.5, 0.6) is 0 Å². The SMILES string of the molecule is O=C(NCc1ccc(Cl)cc1Cl)c1ccccc1Nc1ccccc1. The van der Waals surface area contributed by atoms with E-state index < -0.39 is 0 Å². The summed E-state index contributed by atoms with van der Waals surface area (Å²) in [5.74, 6) is -0.176. The van der Waals surface area contributed by atoms with Gasteiger partial charge >= 0.3 is 0 Å². The van der Waals surface area contributed by atoms with Gasteiger partial charge in [-0.2, -0.15) is 0 Å². The van der Waals surface area contributed by atoms with Crippen molar-refractivity contribution in [2.45, 2.75) is 6.54 Å². The maximum atomic E-state index is 12.6. The van der Waals surface area contributed by atoms with E-state index in [2.05, 4.69) is 10.6 Å². The van der Waals surface area contributed by atoms with Crippen LogP contribution in [0.2, 0.25) is 10.0 Å². The predicted molar refractivity (Wildman–Crippen MR) is 104 cm³/mol. The summed E-state index contributed by atoms with van der Waals surface area (Å²) in [4.78, 5) is 12.6. The fourth-order valence-corrected chi connectivity index (χ4v) is 2.88. The van der Waals surface area contributed by atoms with E-state index in [1.807, 2.05) is 48.5 Å². The Kier molecular flexibility index (Phi) is 5.59. The van der Waals surface area contributed by atoms with Crippen molar-refractivity contribution in [3.8, 4) is 0 Å². The topological polar surface area (TPSA) is 41.1 Å². The highest BCUT2D eigenvalue weighted by Crippen LogP contribution is 2.22. The smallest absolute Gasteiger partial charge is 0.253 e. The van der Waals surface area contributed by atoms with Crippen molar-refractivity contribution < 1.29 is 4.79 Å². The van der Waals surface area contributed by atoms with E-state index in [4.69, 9.17) is 23.2 Å². The van der Waals surface area contributed by atoms with Gasteiger partial charge in [0.2, 0.25) is 0 Å². The Balaban J connectivity index is 1.74. The van der Waals surface area contributed by atoms with Crippen molar-refractivity contribution in [2.75, 3.05) is 5.32 Å². The number of para-hydroxylation sites is 2. The Morgan fingerprint density at radius 1 is 0.880 bits per heavy atom. The number of nitrogens with one attached hydrogen (secondary N) is 2. The molecule has 0 aromatic heterocycles. The molecule has 3 nitrogen and oxygen atoms in total. The molecule has 0 saturated heterocycles. The van der Waals surface area contributed by atoms with Gasteiger partial charge in [0.15, 0.2) is 0 Å². The van der Waals surface area contributed by atoms with E-state index in [0.29, 0.717) is 22.2 Å². The van der Waals surface area contributed by atoms with Crippen LogP contribution in [0.25, 0.3) is 0 Å². The van der Waals surface area contributed by atoms with Crippen LogP contribution in [0.1, 0.15) is 15.9 Å². The summed E-state index contributed by atoms with van der Waals surface area (Å²) >= 11 is 12.0. The van der Waals surface area contributed by atoms with Crippen LogP contribution in [-0.2, 0) is 6.54 Å². The third kappa shape index (κ3) is 4.53. The highest BCUT2D eigenvalue weighted by Gasteiger charge is 2.11. The summed E-state index contributed by atoms with van der Waals surface area (Å²) in [6, 6.07) is 22.3. The van der Waals surface area contributed by atoms with Crippen LogP contribution in [-0.4, -0.2) is 5.91 Å². The van der Waals surface area contributed by atoms with Gasteiger partial charge in [0.05, 0.1) is 11.3 Å². The van der Waals surface area contributed by atoms with E-state index in [9.17, 15) is 4.79 Å². The number of rotatable bonds is 5. The van der Waals surface area contributed by atoms with Crippen molar-refractivity contribution in [3.63, 3.8) is 0 Å². The molecule has 0 fully saturated rings. The normalized spacial score (nSPS) is 10.3. The molecular weight excluding hydrogens is 355 g/mol. The van der Waals surface area contributed by atoms with Crippen LogP contribution in [0, 0.1) is 0 Å². The van der Waals surface area contributed by atoms with Crippen LogP contribution >= 0.6 is 23.2 Å². The summed E-state index contributed by atoms with van der Waals surface area (Å²) in [7, 11) is 0. The zero-order valence-electron chi connectivity index (χ0n) is 13.3. The molecule has 0 heterocycles. The first-order valence-electron chi connectivity index (χ1n) is 7.77. The van der Waals surface area contributed by atoms with E-state index in [0.717, 1.165) is 16.9 Å². The number of anilines is 2. The zero-order chi connectivity index (χ0) is 17.6. The quantitative estimate of drug-likeness (QED) is 0.607. The van der Waals surface area contributed by atoms with Gasteiger partial charge < -0.3 is 10.6 Å². The number of carbonyl (C=O) groups excluding carboxylic acids is 1. The van der Waals surface area contributed by atoms with Gasteiger partial charge in [0, 0.05) is 22.3 Å². The standard InChI is InChI=1S/C20H16Cl2N2O/c21-15-11-10-14(18(22)12-15)13-23-20(25)17-8-4-5-9-19(17)24-16-6-2-1-3-7-16/h1-12,24H,13H2,(H,23,25). The summed E-state index contributed by atoms with van der Waals surface area (Å²) in [6.07, 6.45) is 0. The highest BCUT2D eigenvalue weighted by molar-refractivity contribution is 6.35. The second-order valence-electron chi connectivity index (χ2n) is 5.46. The molecule has 3 aromatic carbocycles. The lowest BCUT2D eigenvalue weighted by atomic mass is 10.1. The summed E-state index contributed by atoms with van der Waals surface area (Å²) in [5.41, 5.74) is 3.04. The monoisotopic (exact) mass is 370 g/mol. The van der Waals surface area contributed by atoms with Gasteiger partial charge in [-0.3, -0.25) is 4.79 Å². The third-order valence-electron chi connectivity index (χ3n) is 3.68. The highest BCUT2D eigenvalue weighted by atomic mass is 35.5. The van der Waals surface area contributed by atoms with Crippen LogP contribution in [0.3, 0.4) is 0 Å². The fraction of sp³-hybridized carbons (Fsp3) is 0.0500. The molecule has 1 amide bonds. The lowest BCUT2D eigenvalue weighted by Gasteiger charge is -2.13. The van der Waals surface area contributed by atoms with E-state index in [1.54, 1.807) is 24.3 Å². The number of hydrogen-bond donors (Lipinski definition) is 2. The first-order valence-corrected chi connectivity index (χ1v) is 8.52. The first kappa shape index (κ1) is 17.3. The molecular formula is C20H16Cl2N2O. The summed E-state index contributed by atoms with van der Waals surface area (Å²) < 4.78 is 0. The largest absolute Gasteiger partial charge is 0.355 e. The molecule has 25 heavy (non-hydrogen) atoms. The summed E-state index contributed by atoms with van der Waals surface area (Å²) in [6.45, 7) is 0.328. The third-order valence-corrected chi connectivity index (χ3v) is 4.27. The molecule has 0 bridgehead atoms. The van der Waals surface area contributed by atoms with Gasteiger partial charge in [0.1, 0.15) is 0 Å². The molecule has 3 aromatic rings. The van der Waals surface area contributed by atoms with Gasteiger partial charge in [-0.15, -0.1) is 0 Å². The molecule has 0 spiro atoms. The Labute approximate surface area is 156 Å². The molecule has 2 N–H and O–H groups in total. The lowest BCUT2D eigenvalue weighted by molar-refractivity contribution is 0.0952.